The van der Waals surface area contributed by atoms with Crippen LogP contribution in [0.1, 0.15) is 22.3 Å². The topological polar surface area (TPSA) is 116 Å². The summed E-state index contributed by atoms with van der Waals surface area (Å²) >= 11 is 1.41. The molecule has 0 spiro atoms. The van der Waals surface area contributed by atoms with Crippen LogP contribution < -0.4 is 0 Å². The van der Waals surface area contributed by atoms with Crippen molar-refractivity contribution >= 4 is 54.4 Å². The zero-order valence-electron chi connectivity index (χ0n) is 16.1. The number of hydrogen-bond acceptors (Lipinski definition) is 10. The summed E-state index contributed by atoms with van der Waals surface area (Å²) in [5, 5.41) is 32.9. The molecule has 4 aromatic heterocycles. The standard InChI is InChI=1S/C20H14N8OS/c1-9-13-5-21-24-8-16(13)12(19-17(9)25-27-29-19)4-3-11-15-7-23-22-6-14(15)10(2)20-18(11)26-28-30-20/h5-8H,3-4H2,1-2H3. The third kappa shape index (κ3) is 2.34. The molecule has 146 valence electrons. The first-order valence-electron chi connectivity index (χ1n) is 9.42. The van der Waals surface area contributed by atoms with E-state index in [2.05, 4.69) is 47.3 Å². The average molecular weight is 414 g/mol. The molecule has 0 saturated heterocycles. The van der Waals surface area contributed by atoms with E-state index in [9.17, 15) is 0 Å². The van der Waals surface area contributed by atoms with Crippen LogP contribution >= 0.6 is 11.5 Å². The van der Waals surface area contributed by atoms with E-state index < -0.39 is 0 Å². The van der Waals surface area contributed by atoms with Gasteiger partial charge in [0.15, 0.2) is 5.58 Å². The zero-order chi connectivity index (χ0) is 20.2. The first-order valence-corrected chi connectivity index (χ1v) is 10.2. The minimum Gasteiger partial charge on any atom is -0.337 e. The van der Waals surface area contributed by atoms with Gasteiger partial charge in [-0.15, -0.1) is 10.2 Å². The molecule has 0 unspecified atom stereocenters. The van der Waals surface area contributed by atoms with Crippen molar-refractivity contribution in [1.29, 1.82) is 0 Å². The summed E-state index contributed by atoms with van der Waals surface area (Å²) in [7, 11) is 0. The molecular weight excluding hydrogens is 400 g/mol. The van der Waals surface area contributed by atoms with E-state index >= 15 is 0 Å². The molecule has 9 nitrogen and oxygen atoms in total. The molecule has 6 rings (SSSR count). The third-order valence-corrected chi connectivity index (χ3v) is 6.62. The summed E-state index contributed by atoms with van der Waals surface area (Å²) in [6.07, 6.45) is 8.58. The SMILES string of the molecule is Cc1c2cnncc2c(CCc2c3cnncc3c(C)c3snnc23)c2onnc12. The fourth-order valence-electron chi connectivity index (χ4n) is 4.24. The van der Waals surface area contributed by atoms with E-state index in [0.717, 1.165) is 66.0 Å². The second-order valence-corrected chi connectivity index (χ2v) is 8.00. The van der Waals surface area contributed by atoms with Crippen LogP contribution in [0, 0.1) is 13.8 Å². The molecule has 0 bridgehead atoms. The van der Waals surface area contributed by atoms with Gasteiger partial charge in [-0.25, -0.2) is 0 Å². The predicted octanol–water partition coefficient (Wildman–Crippen LogP) is 3.52. The van der Waals surface area contributed by atoms with E-state index in [1.54, 1.807) is 18.6 Å². The molecule has 2 aromatic carbocycles. The van der Waals surface area contributed by atoms with E-state index in [4.69, 9.17) is 4.52 Å². The molecule has 0 amide bonds. The Hall–Kier alpha value is -3.66. The molecule has 6 aromatic rings. The fourth-order valence-corrected chi connectivity index (χ4v) is 4.94. The molecule has 0 fully saturated rings. The van der Waals surface area contributed by atoms with Crippen molar-refractivity contribution < 1.29 is 4.52 Å². The van der Waals surface area contributed by atoms with E-state index in [0.29, 0.717) is 12.0 Å². The maximum atomic E-state index is 5.55. The minimum absolute atomic E-state index is 0.692. The highest BCUT2D eigenvalue weighted by molar-refractivity contribution is 7.13. The normalized spacial score (nSPS) is 11.9. The maximum Gasteiger partial charge on any atom is 0.191 e. The van der Waals surface area contributed by atoms with Crippen LogP contribution in [0.3, 0.4) is 0 Å². The van der Waals surface area contributed by atoms with Gasteiger partial charge in [0.2, 0.25) is 0 Å². The Morgan fingerprint density at radius 3 is 2.13 bits per heavy atom. The lowest BCUT2D eigenvalue weighted by molar-refractivity contribution is 0.422. The summed E-state index contributed by atoms with van der Waals surface area (Å²) in [6, 6.07) is 0. The number of aryl methyl sites for hydroxylation is 4. The molecular formula is C20H14N8OS. The largest absolute Gasteiger partial charge is 0.337 e. The summed E-state index contributed by atoms with van der Waals surface area (Å²) in [4.78, 5) is 0. The van der Waals surface area contributed by atoms with Crippen molar-refractivity contribution in [2.45, 2.75) is 26.7 Å². The second-order valence-electron chi connectivity index (χ2n) is 7.24. The quantitative estimate of drug-likeness (QED) is 0.429. The first-order chi connectivity index (χ1) is 14.7. The minimum atomic E-state index is 0.692. The summed E-state index contributed by atoms with van der Waals surface area (Å²) in [5.74, 6) is 0. The Balaban J connectivity index is 1.57. The van der Waals surface area contributed by atoms with Gasteiger partial charge in [0, 0.05) is 32.4 Å². The lowest BCUT2D eigenvalue weighted by Crippen LogP contribution is -2.00. The Morgan fingerprint density at radius 2 is 1.37 bits per heavy atom. The highest BCUT2D eigenvalue weighted by atomic mass is 32.1. The number of hydrogen-bond donors (Lipinski definition) is 0. The number of aromatic nitrogens is 8. The lowest BCUT2D eigenvalue weighted by atomic mass is 9.93. The molecule has 0 N–H and O–H groups in total. The van der Waals surface area contributed by atoms with Gasteiger partial charge in [0.25, 0.3) is 0 Å². The third-order valence-electron chi connectivity index (χ3n) is 5.78. The number of benzene rings is 2. The van der Waals surface area contributed by atoms with Crippen LogP contribution in [-0.2, 0) is 12.8 Å². The van der Waals surface area contributed by atoms with E-state index in [1.807, 2.05) is 13.1 Å². The van der Waals surface area contributed by atoms with Crippen LogP contribution in [-0.4, -0.2) is 40.4 Å². The highest BCUT2D eigenvalue weighted by Crippen LogP contribution is 2.35. The lowest BCUT2D eigenvalue weighted by Gasteiger charge is -2.11. The van der Waals surface area contributed by atoms with Gasteiger partial charge in [-0.05, 0) is 54.9 Å². The predicted molar refractivity (Wildman–Crippen MR) is 112 cm³/mol. The van der Waals surface area contributed by atoms with Gasteiger partial charge in [-0.2, -0.15) is 20.4 Å². The Kier molecular flexibility index (Phi) is 3.69. The van der Waals surface area contributed by atoms with Gasteiger partial charge < -0.3 is 4.52 Å². The summed E-state index contributed by atoms with van der Waals surface area (Å²) in [6.45, 7) is 4.07. The maximum absolute atomic E-state index is 5.55. The fraction of sp³-hybridized carbons (Fsp3) is 0.200. The zero-order valence-corrected chi connectivity index (χ0v) is 16.9. The molecule has 4 heterocycles. The smallest absolute Gasteiger partial charge is 0.191 e. The average Bonchev–Trinajstić information content (AvgIpc) is 3.46. The van der Waals surface area contributed by atoms with Gasteiger partial charge in [0.05, 0.1) is 29.5 Å². The van der Waals surface area contributed by atoms with Crippen molar-refractivity contribution in [2.75, 3.05) is 0 Å². The van der Waals surface area contributed by atoms with Gasteiger partial charge >= 0.3 is 0 Å². The van der Waals surface area contributed by atoms with Crippen molar-refractivity contribution in [1.82, 2.24) is 40.4 Å². The van der Waals surface area contributed by atoms with Crippen molar-refractivity contribution in [3.05, 3.63) is 47.0 Å². The highest BCUT2D eigenvalue weighted by Gasteiger charge is 2.20. The molecule has 0 radical (unpaired) electrons. The van der Waals surface area contributed by atoms with Crippen LogP contribution in [0.4, 0.5) is 0 Å². The van der Waals surface area contributed by atoms with Gasteiger partial charge in [-0.1, -0.05) is 4.49 Å². The number of nitrogens with zero attached hydrogens (tertiary/aromatic N) is 8. The molecule has 0 aliphatic carbocycles. The monoisotopic (exact) mass is 414 g/mol. The Labute approximate surface area is 173 Å². The van der Waals surface area contributed by atoms with E-state index in [1.165, 1.54) is 11.5 Å². The number of fused-ring (bicyclic) bond motifs is 4. The van der Waals surface area contributed by atoms with Crippen LogP contribution in [0.25, 0.3) is 42.9 Å². The van der Waals surface area contributed by atoms with Crippen LogP contribution in [0.15, 0.2) is 29.3 Å². The molecule has 0 aliphatic heterocycles. The van der Waals surface area contributed by atoms with Crippen molar-refractivity contribution in [2.24, 2.45) is 0 Å². The van der Waals surface area contributed by atoms with E-state index in [-0.39, 0.29) is 0 Å². The molecule has 0 aliphatic rings. The van der Waals surface area contributed by atoms with Crippen LogP contribution in [0.5, 0.6) is 0 Å². The van der Waals surface area contributed by atoms with Crippen LogP contribution in [0.2, 0.25) is 0 Å². The molecule has 0 atom stereocenters. The van der Waals surface area contributed by atoms with Crippen molar-refractivity contribution in [3.8, 4) is 0 Å². The number of rotatable bonds is 3. The summed E-state index contributed by atoms with van der Waals surface area (Å²) in [5.41, 5.74) is 6.60. The first kappa shape index (κ1) is 17.2. The Morgan fingerprint density at radius 1 is 0.733 bits per heavy atom. The second kappa shape index (κ2) is 6.42. The Bertz CT molecular complexity index is 1470. The summed E-state index contributed by atoms with van der Waals surface area (Å²) < 4.78 is 10.8. The molecule has 30 heavy (non-hydrogen) atoms. The van der Waals surface area contributed by atoms with Gasteiger partial charge in [-0.3, -0.25) is 0 Å². The molecule has 10 heteroatoms. The van der Waals surface area contributed by atoms with Gasteiger partial charge in [0.1, 0.15) is 11.0 Å². The van der Waals surface area contributed by atoms with Crippen molar-refractivity contribution in [3.63, 3.8) is 0 Å². The molecule has 0 saturated carbocycles.